The third-order valence-corrected chi connectivity index (χ3v) is 15.7. The molecule has 2 aromatic heterocycles. The SMILES string of the molecule is CC(C)c1cc(-c2cc(C(C)(C)C)cc(-c3c(F)c(F)c(F)c(F)c3F)c2N2[CH-]N(c3[c-]c(Oc4[c-]c5c(cc4)c4ccccc4n5-c4cc(C(C)(C)C)ccn4)cc(-c4ccccc4C(C)(C)C)c3)c3ccccc32)cc(C(C)C)c1.[Pt]. The van der Waals surface area contributed by atoms with E-state index in [1.54, 1.807) is 17.6 Å². The van der Waals surface area contributed by atoms with E-state index in [0.29, 0.717) is 39.7 Å². The van der Waals surface area contributed by atoms with Crippen LogP contribution in [0.4, 0.5) is 44.7 Å². The van der Waals surface area contributed by atoms with Crippen molar-refractivity contribution < 1.29 is 47.8 Å². The van der Waals surface area contributed by atoms with Crippen molar-refractivity contribution in [1.82, 2.24) is 9.55 Å². The van der Waals surface area contributed by atoms with Crippen molar-refractivity contribution >= 4 is 44.6 Å². The van der Waals surface area contributed by atoms with Crippen LogP contribution < -0.4 is 14.5 Å². The van der Waals surface area contributed by atoms with Gasteiger partial charge in [0.15, 0.2) is 23.3 Å². The van der Waals surface area contributed by atoms with Crippen LogP contribution in [-0.4, -0.2) is 9.55 Å². The van der Waals surface area contributed by atoms with Gasteiger partial charge in [-0.2, -0.15) is 6.07 Å². The van der Waals surface area contributed by atoms with Crippen LogP contribution in [0, 0.1) is 47.9 Å². The van der Waals surface area contributed by atoms with E-state index in [9.17, 15) is 0 Å². The number of halogens is 5. The first-order chi connectivity index (χ1) is 38.8. The molecule has 0 atom stereocenters. The largest absolute Gasteiger partial charge is 0.509 e. The zero-order valence-corrected chi connectivity index (χ0v) is 51.3. The zero-order valence-electron chi connectivity index (χ0n) is 49.0. The molecule has 0 saturated heterocycles. The average Bonchev–Trinajstić information content (AvgIpc) is 2.89. The number of fused-ring (bicyclic) bond motifs is 4. The molecule has 8 aromatic carbocycles. The molecule has 0 amide bonds. The molecule has 0 spiro atoms. The molecule has 0 fully saturated rings. The van der Waals surface area contributed by atoms with Crippen molar-refractivity contribution in [3.63, 3.8) is 0 Å². The van der Waals surface area contributed by atoms with Gasteiger partial charge < -0.3 is 19.1 Å². The smallest absolute Gasteiger partial charge is 0.200 e. The van der Waals surface area contributed by atoms with E-state index in [1.807, 2.05) is 117 Å². The summed E-state index contributed by atoms with van der Waals surface area (Å²) >= 11 is 0. The summed E-state index contributed by atoms with van der Waals surface area (Å²) in [6, 6.07) is 53.2. The number of aromatic nitrogens is 2. The summed E-state index contributed by atoms with van der Waals surface area (Å²) in [5.41, 5.74) is 9.43. The summed E-state index contributed by atoms with van der Waals surface area (Å²) in [5, 5.41) is 2.02. The molecule has 0 saturated carbocycles. The van der Waals surface area contributed by atoms with Crippen molar-refractivity contribution in [2.45, 2.75) is 118 Å². The van der Waals surface area contributed by atoms with Crippen LogP contribution in [0.1, 0.15) is 130 Å². The van der Waals surface area contributed by atoms with Gasteiger partial charge in [-0.05, 0) is 115 Å². The molecule has 3 heterocycles. The van der Waals surface area contributed by atoms with Crippen molar-refractivity contribution in [3.8, 4) is 50.7 Å². The van der Waals surface area contributed by atoms with Crippen LogP contribution in [0.25, 0.3) is 61.0 Å². The second-order valence-corrected chi connectivity index (χ2v) is 25.3. The second-order valence-electron chi connectivity index (χ2n) is 25.3. The number of para-hydroxylation sites is 3. The van der Waals surface area contributed by atoms with Crippen molar-refractivity contribution in [2.24, 2.45) is 0 Å². The molecule has 0 N–H and O–H groups in total. The summed E-state index contributed by atoms with van der Waals surface area (Å²) in [5.74, 6) is -8.41. The molecule has 83 heavy (non-hydrogen) atoms. The minimum atomic E-state index is -2.23. The molecule has 1 aliphatic heterocycles. The predicted molar refractivity (Wildman–Crippen MR) is 325 cm³/mol. The molecule has 11 heteroatoms. The van der Waals surface area contributed by atoms with Crippen LogP contribution in [0.5, 0.6) is 11.5 Å². The fourth-order valence-electron chi connectivity index (χ4n) is 11.1. The molecule has 0 aliphatic carbocycles. The first kappa shape index (κ1) is 58.6. The standard InChI is InChI=1S/C72H66F5N4O.Pt/c1-41(2)43-30-44(42(3)4)32-45(31-43)55-35-48(71(8,9)10)36-56(63-64(73)66(75)68(77)67(76)65(63)74)69(55)80-40-79(59-24-18-19-25-60(59)80)49-33-46(52-20-14-16-22-57(52)72(11,12)13)34-51(38-49)82-50-26-27-54-53-21-15-17-23-58(53)81(61(54)39-50)62-37-47(28-29-78-62)70(5,6)7;/h14-37,40-42H,1-13H3;/q-3;. The molecule has 5 nitrogen and oxygen atoms in total. The molecule has 0 unspecified atom stereocenters. The summed E-state index contributed by atoms with van der Waals surface area (Å²) in [7, 11) is 0. The van der Waals surface area contributed by atoms with Crippen LogP contribution in [-0.2, 0) is 37.3 Å². The Morgan fingerprint density at radius 3 is 1.72 bits per heavy atom. The van der Waals surface area contributed by atoms with Gasteiger partial charge in [-0.25, -0.2) is 26.9 Å². The molecule has 0 bridgehead atoms. The fraction of sp³-hybridized carbons (Fsp3) is 0.250. The molecule has 11 rings (SSSR count). The number of ether oxygens (including phenoxy) is 1. The molecule has 428 valence electrons. The molecule has 1 aliphatic rings. The van der Waals surface area contributed by atoms with E-state index >= 15 is 22.0 Å². The third kappa shape index (κ3) is 10.8. The Labute approximate surface area is 499 Å². The summed E-state index contributed by atoms with van der Waals surface area (Å²) in [4.78, 5) is 8.61. The Hall–Kier alpha value is -7.55. The Balaban J connectivity index is 0.00000769. The number of rotatable bonds is 10. The van der Waals surface area contributed by atoms with Gasteiger partial charge in [0.05, 0.1) is 5.56 Å². The van der Waals surface area contributed by atoms with Crippen LogP contribution in [0.15, 0.2) is 146 Å². The van der Waals surface area contributed by atoms with Gasteiger partial charge in [0.1, 0.15) is 5.82 Å². The monoisotopic (exact) mass is 1290 g/mol. The number of pyridine rings is 1. The molecule has 0 radical (unpaired) electrons. The van der Waals surface area contributed by atoms with Crippen molar-refractivity contribution in [1.29, 1.82) is 0 Å². The fourth-order valence-corrected chi connectivity index (χ4v) is 11.1. The Morgan fingerprint density at radius 2 is 1.08 bits per heavy atom. The van der Waals surface area contributed by atoms with Gasteiger partial charge in [0.2, 0.25) is 5.82 Å². The van der Waals surface area contributed by atoms with Crippen LogP contribution >= 0.6 is 0 Å². The van der Waals surface area contributed by atoms with Crippen molar-refractivity contribution in [2.75, 3.05) is 9.80 Å². The van der Waals surface area contributed by atoms with Gasteiger partial charge >= 0.3 is 0 Å². The minimum absolute atomic E-state index is 0. The number of benzene rings is 8. The maximum atomic E-state index is 16.8. The Bertz CT molecular complexity index is 4110. The van der Waals surface area contributed by atoms with Gasteiger partial charge in [0.25, 0.3) is 0 Å². The van der Waals surface area contributed by atoms with E-state index in [1.165, 1.54) is 0 Å². The first-order valence-corrected chi connectivity index (χ1v) is 27.9. The molecular weight excluding hydrogens is 1230 g/mol. The van der Waals surface area contributed by atoms with Gasteiger partial charge in [-0.15, -0.1) is 53.6 Å². The molecular formula is C72H66F5N4OPt-3. The number of nitrogens with zero attached hydrogens (tertiary/aromatic N) is 4. The van der Waals surface area contributed by atoms with Crippen LogP contribution in [0.2, 0.25) is 0 Å². The zero-order chi connectivity index (χ0) is 58.5. The Morgan fingerprint density at radius 1 is 0.506 bits per heavy atom. The van der Waals surface area contributed by atoms with Gasteiger partial charge in [-0.3, -0.25) is 0 Å². The van der Waals surface area contributed by atoms with Gasteiger partial charge in [-0.1, -0.05) is 168 Å². The summed E-state index contributed by atoms with van der Waals surface area (Å²) in [6.45, 7) is 29.1. The number of hydrogen-bond donors (Lipinski definition) is 0. The maximum absolute atomic E-state index is 16.8. The minimum Gasteiger partial charge on any atom is -0.509 e. The summed E-state index contributed by atoms with van der Waals surface area (Å²) < 4.78 is 89.1. The van der Waals surface area contributed by atoms with E-state index in [0.717, 1.165) is 66.6 Å². The Kier molecular flexibility index (Phi) is 15.5. The van der Waals surface area contributed by atoms with Gasteiger partial charge in [0, 0.05) is 72.5 Å². The average molecular weight is 1290 g/mol. The maximum Gasteiger partial charge on any atom is 0.200 e. The predicted octanol–water partition coefficient (Wildman–Crippen LogP) is 20.8. The van der Waals surface area contributed by atoms with E-state index < -0.39 is 40.1 Å². The topological polar surface area (TPSA) is 33.5 Å². The third-order valence-electron chi connectivity index (χ3n) is 15.7. The second kappa shape index (κ2) is 21.9. The summed E-state index contributed by atoms with van der Waals surface area (Å²) in [6.07, 6.45) is 1.84. The number of anilines is 4. The van der Waals surface area contributed by atoms with E-state index in [4.69, 9.17) is 9.72 Å². The first-order valence-electron chi connectivity index (χ1n) is 27.9. The molecule has 10 aromatic rings. The van der Waals surface area contributed by atoms with E-state index in [-0.39, 0.29) is 55.0 Å². The van der Waals surface area contributed by atoms with Crippen molar-refractivity contribution in [3.05, 3.63) is 221 Å². The van der Waals surface area contributed by atoms with Crippen LogP contribution in [0.3, 0.4) is 0 Å². The number of hydrogen-bond acceptors (Lipinski definition) is 4. The van der Waals surface area contributed by atoms with E-state index in [2.05, 4.69) is 134 Å². The quantitative estimate of drug-likeness (QED) is 0.0591. The normalized spacial score (nSPS) is 13.0.